The summed E-state index contributed by atoms with van der Waals surface area (Å²) in [6.45, 7) is -0.940. The third-order valence-electron chi connectivity index (χ3n) is 1.66. The molecule has 10 nitrogen and oxygen atoms in total. The van der Waals surface area contributed by atoms with E-state index in [1.165, 1.54) is 0 Å². The first-order chi connectivity index (χ1) is 8.60. The Morgan fingerprint density at radius 3 is 1.89 bits per heavy atom. The van der Waals surface area contributed by atoms with Crippen LogP contribution in [-0.4, -0.2) is 45.4 Å². The summed E-state index contributed by atoms with van der Waals surface area (Å²) in [7, 11) is -9.12. The molecule has 0 heterocycles. The molecule has 4 N–H and O–H groups in total. The Bertz CT molecular complexity index is 357. The molecule has 0 saturated carbocycles. The van der Waals surface area contributed by atoms with E-state index in [2.05, 4.69) is 13.8 Å². The molecule has 0 aromatic heterocycles. The summed E-state index contributed by atoms with van der Waals surface area (Å²) in [6.07, 6.45) is 1.31. The summed E-state index contributed by atoms with van der Waals surface area (Å²) >= 11 is 0. The maximum absolute atomic E-state index is 10.9. The van der Waals surface area contributed by atoms with E-state index in [-0.39, 0.29) is 13.2 Å². The van der Waals surface area contributed by atoms with Crippen LogP contribution in [0.1, 0.15) is 19.3 Å². The lowest BCUT2D eigenvalue weighted by atomic mass is 10.2. The van der Waals surface area contributed by atoms with Crippen LogP contribution in [0.15, 0.2) is 0 Å². The molecule has 12 heteroatoms. The quantitative estimate of drug-likeness (QED) is 0.243. The molecule has 0 aliphatic rings. The Morgan fingerprint density at radius 2 is 1.37 bits per heavy atom. The maximum atomic E-state index is 10.9. The van der Waals surface area contributed by atoms with E-state index in [1.807, 2.05) is 0 Å². The molecular weight excluding hydrogens is 306 g/mol. The molecule has 0 bridgehead atoms. The van der Waals surface area contributed by atoms with Crippen LogP contribution in [0.2, 0.25) is 0 Å². The minimum Gasteiger partial charge on any atom is -0.464 e. The van der Waals surface area contributed by atoms with E-state index >= 15 is 0 Å². The average molecular weight is 322 g/mol. The topological polar surface area (TPSA) is 160 Å². The Balaban J connectivity index is 3.42. The predicted molar refractivity (Wildman–Crippen MR) is 60.8 cm³/mol. The highest BCUT2D eigenvalue weighted by atomic mass is 31.2. The largest absolute Gasteiger partial charge is 0.470 e. The van der Waals surface area contributed by atoms with Gasteiger partial charge in [-0.05, 0) is 19.3 Å². The van der Waals surface area contributed by atoms with Gasteiger partial charge in [0.1, 0.15) is 0 Å². The highest BCUT2D eigenvalue weighted by molar-refractivity contribution is 7.46. The van der Waals surface area contributed by atoms with E-state index in [1.54, 1.807) is 0 Å². The lowest BCUT2D eigenvalue weighted by Gasteiger charge is -2.07. The van der Waals surface area contributed by atoms with Gasteiger partial charge in [0.2, 0.25) is 0 Å². The van der Waals surface area contributed by atoms with Crippen LogP contribution in [0.4, 0.5) is 0 Å². The summed E-state index contributed by atoms with van der Waals surface area (Å²) in [5.41, 5.74) is 0. The first-order valence-corrected chi connectivity index (χ1v) is 8.22. The van der Waals surface area contributed by atoms with Crippen molar-refractivity contribution in [2.75, 3.05) is 19.8 Å². The van der Waals surface area contributed by atoms with Crippen LogP contribution in [-0.2, 0) is 27.7 Å². The molecule has 0 spiro atoms. The highest BCUT2D eigenvalue weighted by Gasteiger charge is 2.16. The Hall–Kier alpha value is -0.310. The van der Waals surface area contributed by atoms with Crippen LogP contribution >= 0.6 is 15.6 Å². The zero-order chi connectivity index (χ0) is 14.9. The van der Waals surface area contributed by atoms with Gasteiger partial charge >= 0.3 is 21.6 Å². The first kappa shape index (κ1) is 18.7. The van der Waals surface area contributed by atoms with E-state index < -0.39 is 28.2 Å². The standard InChI is InChI=1S/C7H16O10P2/c8-7(6-17-19(12,13)14)15-4-2-1-3-5-16-18(9,10)11/h1-6H2,(H2,9,10,11)(H2,12,13,14). The summed E-state index contributed by atoms with van der Waals surface area (Å²) in [6, 6.07) is 0. The molecule has 0 radical (unpaired) electrons. The molecule has 0 fully saturated rings. The van der Waals surface area contributed by atoms with Crippen LogP contribution < -0.4 is 0 Å². The number of phosphoric ester groups is 2. The Kier molecular flexibility index (Phi) is 8.64. The number of esters is 1. The number of ether oxygens (including phenoxy) is 1. The molecular formula is C7H16O10P2. The molecule has 0 aromatic rings. The molecule has 0 saturated heterocycles. The average Bonchev–Trinajstić information content (AvgIpc) is 2.22. The predicted octanol–water partition coefficient (Wildman–Crippen LogP) is -0.0815. The molecule has 0 amide bonds. The fourth-order valence-corrected chi connectivity index (χ4v) is 1.57. The molecule has 0 unspecified atom stereocenters. The summed E-state index contributed by atoms with van der Waals surface area (Å²) < 4.78 is 33.2. The van der Waals surface area contributed by atoms with Gasteiger partial charge in [-0.2, -0.15) is 0 Å². The fourth-order valence-electron chi connectivity index (χ4n) is 0.929. The second kappa shape index (κ2) is 8.78. The second-order valence-electron chi connectivity index (χ2n) is 3.37. The number of hydrogen-bond acceptors (Lipinski definition) is 6. The molecule has 0 aliphatic carbocycles. The van der Waals surface area contributed by atoms with Crippen molar-refractivity contribution in [3.8, 4) is 0 Å². The normalized spacial score (nSPS) is 12.4. The number of carbonyl (C=O) groups excluding carboxylic acids is 1. The van der Waals surface area contributed by atoms with E-state index in [4.69, 9.17) is 19.6 Å². The molecule has 114 valence electrons. The molecule has 0 atom stereocenters. The lowest BCUT2D eigenvalue weighted by Crippen LogP contribution is -2.12. The SMILES string of the molecule is O=C(COP(=O)(O)O)OCCCCCOP(=O)(O)O. The summed E-state index contributed by atoms with van der Waals surface area (Å²) in [5.74, 6) is -0.908. The Labute approximate surface area is 109 Å². The highest BCUT2D eigenvalue weighted by Crippen LogP contribution is 2.36. The third-order valence-corrected chi connectivity index (χ3v) is 2.65. The van der Waals surface area contributed by atoms with Crippen molar-refractivity contribution in [3.05, 3.63) is 0 Å². The van der Waals surface area contributed by atoms with Crippen LogP contribution in [0.25, 0.3) is 0 Å². The minimum absolute atomic E-state index is 0.0132. The van der Waals surface area contributed by atoms with Gasteiger partial charge in [0.05, 0.1) is 13.2 Å². The van der Waals surface area contributed by atoms with Gasteiger partial charge in [-0.3, -0.25) is 9.05 Å². The zero-order valence-corrected chi connectivity index (χ0v) is 11.7. The minimum atomic E-state index is -4.68. The monoisotopic (exact) mass is 322 g/mol. The van der Waals surface area contributed by atoms with Crippen molar-refractivity contribution in [2.45, 2.75) is 19.3 Å². The van der Waals surface area contributed by atoms with Gasteiger partial charge in [0.15, 0.2) is 6.61 Å². The molecule has 0 rings (SSSR count). The number of phosphoric acid groups is 2. The van der Waals surface area contributed by atoms with E-state index in [0.29, 0.717) is 19.3 Å². The number of hydrogen-bond donors (Lipinski definition) is 4. The maximum Gasteiger partial charge on any atom is 0.470 e. The molecule has 19 heavy (non-hydrogen) atoms. The van der Waals surface area contributed by atoms with Gasteiger partial charge in [-0.25, -0.2) is 13.9 Å². The molecule has 0 aromatic carbocycles. The first-order valence-electron chi connectivity index (χ1n) is 5.16. The van der Waals surface area contributed by atoms with Gasteiger partial charge in [-0.15, -0.1) is 0 Å². The number of unbranched alkanes of at least 4 members (excludes halogenated alkanes) is 2. The zero-order valence-electron chi connectivity index (χ0n) is 9.88. The van der Waals surface area contributed by atoms with Gasteiger partial charge in [0, 0.05) is 0 Å². The third kappa shape index (κ3) is 15.6. The van der Waals surface area contributed by atoms with Crippen molar-refractivity contribution >= 4 is 21.6 Å². The van der Waals surface area contributed by atoms with Crippen molar-refractivity contribution in [3.63, 3.8) is 0 Å². The van der Waals surface area contributed by atoms with Gasteiger partial charge < -0.3 is 24.3 Å². The second-order valence-corrected chi connectivity index (χ2v) is 5.85. The fraction of sp³-hybridized carbons (Fsp3) is 0.857. The van der Waals surface area contributed by atoms with Gasteiger partial charge in [0.25, 0.3) is 0 Å². The summed E-state index contributed by atoms with van der Waals surface area (Å²) in [5, 5.41) is 0. The van der Waals surface area contributed by atoms with Crippen LogP contribution in [0, 0.1) is 0 Å². The van der Waals surface area contributed by atoms with Crippen molar-refractivity contribution < 1.29 is 47.3 Å². The smallest absolute Gasteiger partial charge is 0.464 e. The molecule has 0 aliphatic heterocycles. The van der Waals surface area contributed by atoms with E-state index in [0.717, 1.165) is 0 Å². The van der Waals surface area contributed by atoms with Crippen LogP contribution in [0.5, 0.6) is 0 Å². The number of rotatable bonds is 10. The lowest BCUT2D eigenvalue weighted by molar-refractivity contribution is -0.146. The summed E-state index contributed by atoms with van der Waals surface area (Å²) in [4.78, 5) is 44.2. The van der Waals surface area contributed by atoms with Crippen LogP contribution in [0.3, 0.4) is 0 Å². The Morgan fingerprint density at radius 1 is 0.842 bits per heavy atom. The number of carbonyl (C=O) groups is 1. The van der Waals surface area contributed by atoms with Crippen molar-refractivity contribution in [1.82, 2.24) is 0 Å². The van der Waals surface area contributed by atoms with Crippen molar-refractivity contribution in [2.24, 2.45) is 0 Å². The van der Waals surface area contributed by atoms with E-state index in [9.17, 15) is 13.9 Å². The van der Waals surface area contributed by atoms with Crippen molar-refractivity contribution in [1.29, 1.82) is 0 Å². The van der Waals surface area contributed by atoms with Gasteiger partial charge in [-0.1, -0.05) is 0 Å².